The van der Waals surface area contributed by atoms with E-state index < -0.39 is 0 Å². The van der Waals surface area contributed by atoms with Gasteiger partial charge >= 0.3 is 0 Å². The predicted molar refractivity (Wildman–Crippen MR) is 45.0 cm³/mol. The van der Waals surface area contributed by atoms with E-state index >= 15 is 0 Å². The van der Waals surface area contributed by atoms with Crippen LogP contribution in [-0.2, 0) is 16.1 Å². The van der Waals surface area contributed by atoms with Gasteiger partial charge in [-0.15, -0.1) is 0 Å². The summed E-state index contributed by atoms with van der Waals surface area (Å²) in [6.07, 6.45) is 5.04. The van der Waals surface area contributed by atoms with Gasteiger partial charge < -0.3 is 14.6 Å². The third-order valence-corrected chi connectivity index (χ3v) is 1.89. The number of ether oxygens (including phenoxy) is 1. The molecule has 2 rings (SSSR count). The Morgan fingerprint density at radius 1 is 1.69 bits per heavy atom. The van der Waals surface area contributed by atoms with Crippen LogP contribution in [-0.4, -0.2) is 34.7 Å². The van der Waals surface area contributed by atoms with Gasteiger partial charge in [0.1, 0.15) is 6.54 Å². The van der Waals surface area contributed by atoms with Gasteiger partial charge in [-0.25, -0.2) is 4.98 Å². The lowest BCUT2D eigenvalue weighted by atomic mass is 10.2. The first-order chi connectivity index (χ1) is 6.34. The van der Waals surface area contributed by atoms with Crippen molar-refractivity contribution in [3.05, 3.63) is 18.7 Å². The fourth-order valence-corrected chi connectivity index (χ4v) is 1.14. The van der Waals surface area contributed by atoms with Gasteiger partial charge in [-0.3, -0.25) is 4.79 Å². The zero-order valence-electron chi connectivity index (χ0n) is 7.14. The molecule has 1 amide bonds. The molecule has 5 nitrogen and oxygen atoms in total. The molecular weight excluding hydrogens is 170 g/mol. The fraction of sp³-hybridized carbons (Fsp3) is 0.500. The summed E-state index contributed by atoms with van der Waals surface area (Å²) in [6.45, 7) is 1.60. The van der Waals surface area contributed by atoms with E-state index in [1.54, 1.807) is 23.3 Å². The average molecular weight is 181 g/mol. The molecule has 0 spiro atoms. The SMILES string of the molecule is O=C(Cn1ccnc1)NC1COC1. The van der Waals surface area contributed by atoms with Crippen molar-refractivity contribution in [2.24, 2.45) is 0 Å². The number of imidazole rings is 1. The molecule has 1 aliphatic rings. The highest BCUT2D eigenvalue weighted by atomic mass is 16.5. The molecule has 0 bridgehead atoms. The summed E-state index contributed by atoms with van der Waals surface area (Å²) < 4.78 is 6.67. The molecule has 0 atom stereocenters. The molecule has 13 heavy (non-hydrogen) atoms. The minimum absolute atomic E-state index is 0.00583. The third-order valence-electron chi connectivity index (χ3n) is 1.89. The number of nitrogens with zero attached hydrogens (tertiary/aromatic N) is 2. The zero-order valence-corrected chi connectivity index (χ0v) is 7.14. The normalized spacial score (nSPS) is 16.6. The highest BCUT2D eigenvalue weighted by Gasteiger charge is 2.19. The molecule has 1 aromatic heterocycles. The van der Waals surface area contributed by atoms with Crippen LogP contribution in [0.4, 0.5) is 0 Å². The Morgan fingerprint density at radius 2 is 2.54 bits per heavy atom. The molecule has 0 unspecified atom stereocenters. The molecule has 0 aliphatic carbocycles. The van der Waals surface area contributed by atoms with Gasteiger partial charge in [-0.05, 0) is 0 Å². The van der Waals surface area contributed by atoms with Gasteiger partial charge in [0.25, 0.3) is 0 Å². The van der Waals surface area contributed by atoms with Gasteiger partial charge in [-0.2, -0.15) is 0 Å². The monoisotopic (exact) mass is 181 g/mol. The lowest BCUT2D eigenvalue weighted by molar-refractivity contribution is -0.125. The van der Waals surface area contributed by atoms with Crippen molar-refractivity contribution in [2.45, 2.75) is 12.6 Å². The standard InChI is InChI=1S/C8H11N3O2/c12-8(10-7-4-13-5-7)3-11-2-1-9-6-11/h1-2,6-7H,3-5H2,(H,10,12). The van der Waals surface area contributed by atoms with Crippen LogP contribution in [0.2, 0.25) is 0 Å². The van der Waals surface area contributed by atoms with Crippen LogP contribution in [0.25, 0.3) is 0 Å². The number of hydrogen-bond donors (Lipinski definition) is 1. The van der Waals surface area contributed by atoms with Crippen molar-refractivity contribution in [3.8, 4) is 0 Å². The van der Waals surface area contributed by atoms with E-state index in [-0.39, 0.29) is 11.9 Å². The van der Waals surface area contributed by atoms with E-state index in [1.165, 1.54) is 0 Å². The second-order valence-corrected chi connectivity index (χ2v) is 3.04. The summed E-state index contributed by atoms with van der Waals surface area (Å²) in [7, 11) is 0. The molecule has 0 saturated carbocycles. The summed E-state index contributed by atoms with van der Waals surface area (Å²) in [4.78, 5) is 15.1. The quantitative estimate of drug-likeness (QED) is 0.677. The fourth-order valence-electron chi connectivity index (χ4n) is 1.14. The van der Waals surface area contributed by atoms with Gasteiger partial charge in [0.05, 0.1) is 25.6 Å². The first-order valence-corrected chi connectivity index (χ1v) is 4.17. The van der Waals surface area contributed by atoms with Gasteiger partial charge in [-0.1, -0.05) is 0 Å². The highest BCUT2D eigenvalue weighted by Crippen LogP contribution is 1.99. The van der Waals surface area contributed by atoms with E-state index in [0.29, 0.717) is 19.8 Å². The Kier molecular flexibility index (Phi) is 2.27. The molecule has 1 aromatic rings. The molecule has 1 aliphatic heterocycles. The van der Waals surface area contributed by atoms with E-state index in [0.717, 1.165) is 0 Å². The van der Waals surface area contributed by atoms with E-state index in [9.17, 15) is 4.79 Å². The number of rotatable bonds is 3. The van der Waals surface area contributed by atoms with E-state index in [4.69, 9.17) is 4.74 Å². The second kappa shape index (κ2) is 3.57. The zero-order chi connectivity index (χ0) is 9.10. The lowest BCUT2D eigenvalue weighted by Crippen LogP contribution is -2.49. The Hall–Kier alpha value is -1.36. The molecule has 5 heteroatoms. The molecule has 70 valence electrons. The van der Waals surface area contributed by atoms with Crippen molar-refractivity contribution >= 4 is 5.91 Å². The Labute approximate surface area is 75.7 Å². The third kappa shape index (κ3) is 2.06. The van der Waals surface area contributed by atoms with Crippen molar-refractivity contribution in [1.29, 1.82) is 0 Å². The number of nitrogens with one attached hydrogen (secondary N) is 1. The maximum atomic E-state index is 11.3. The Morgan fingerprint density at radius 3 is 3.08 bits per heavy atom. The van der Waals surface area contributed by atoms with Crippen LogP contribution < -0.4 is 5.32 Å². The number of carbonyl (C=O) groups is 1. The summed E-state index contributed by atoms with van der Waals surface area (Å²) in [5.41, 5.74) is 0. The minimum atomic E-state index is 0.00583. The molecule has 1 N–H and O–H groups in total. The maximum absolute atomic E-state index is 11.3. The molecule has 2 heterocycles. The van der Waals surface area contributed by atoms with E-state index in [1.807, 2.05) is 0 Å². The molecule has 0 radical (unpaired) electrons. The highest BCUT2D eigenvalue weighted by molar-refractivity contribution is 5.76. The van der Waals surface area contributed by atoms with Crippen LogP contribution >= 0.6 is 0 Å². The first-order valence-electron chi connectivity index (χ1n) is 4.17. The molecular formula is C8H11N3O2. The van der Waals surface area contributed by atoms with Crippen molar-refractivity contribution in [2.75, 3.05) is 13.2 Å². The largest absolute Gasteiger partial charge is 0.377 e. The van der Waals surface area contributed by atoms with E-state index in [2.05, 4.69) is 10.3 Å². The van der Waals surface area contributed by atoms with Crippen molar-refractivity contribution in [3.63, 3.8) is 0 Å². The van der Waals surface area contributed by atoms with Gasteiger partial charge in [0, 0.05) is 12.4 Å². The smallest absolute Gasteiger partial charge is 0.240 e. The number of hydrogen-bond acceptors (Lipinski definition) is 3. The first kappa shape index (κ1) is 8.25. The summed E-state index contributed by atoms with van der Waals surface area (Å²) in [5.74, 6) is 0.00583. The van der Waals surface area contributed by atoms with Crippen LogP contribution in [0.15, 0.2) is 18.7 Å². The Bertz CT molecular complexity index is 280. The Balaban J connectivity index is 1.78. The number of amides is 1. The summed E-state index contributed by atoms with van der Waals surface area (Å²) in [6, 6.07) is 0.205. The second-order valence-electron chi connectivity index (χ2n) is 3.04. The average Bonchev–Trinajstić information content (AvgIpc) is 2.49. The number of carbonyl (C=O) groups excluding carboxylic acids is 1. The molecule has 0 aromatic carbocycles. The maximum Gasteiger partial charge on any atom is 0.240 e. The lowest BCUT2D eigenvalue weighted by Gasteiger charge is -2.26. The van der Waals surface area contributed by atoms with Crippen LogP contribution in [0.1, 0.15) is 0 Å². The summed E-state index contributed by atoms with van der Waals surface area (Å²) in [5, 5.41) is 2.84. The van der Waals surface area contributed by atoms with Crippen LogP contribution in [0.3, 0.4) is 0 Å². The number of aromatic nitrogens is 2. The van der Waals surface area contributed by atoms with Crippen molar-refractivity contribution < 1.29 is 9.53 Å². The van der Waals surface area contributed by atoms with Gasteiger partial charge in [0.15, 0.2) is 0 Å². The van der Waals surface area contributed by atoms with Crippen LogP contribution in [0.5, 0.6) is 0 Å². The molecule has 1 saturated heterocycles. The minimum Gasteiger partial charge on any atom is -0.377 e. The summed E-state index contributed by atoms with van der Waals surface area (Å²) >= 11 is 0. The van der Waals surface area contributed by atoms with Crippen molar-refractivity contribution in [1.82, 2.24) is 14.9 Å². The van der Waals surface area contributed by atoms with Gasteiger partial charge in [0.2, 0.25) is 5.91 Å². The predicted octanol–water partition coefficient (Wildman–Crippen LogP) is -0.602. The van der Waals surface area contributed by atoms with Crippen LogP contribution in [0, 0.1) is 0 Å². The topological polar surface area (TPSA) is 56.2 Å². The molecule has 1 fully saturated rings.